The Bertz CT molecular complexity index is 1290. The van der Waals surface area contributed by atoms with Crippen LogP contribution in [0.3, 0.4) is 0 Å². The largest absolute Gasteiger partial charge is 0.447 e. The van der Waals surface area contributed by atoms with E-state index in [2.05, 4.69) is 26.3 Å². The number of hydrogen-bond donors (Lipinski definition) is 1. The first-order chi connectivity index (χ1) is 17.0. The van der Waals surface area contributed by atoms with Gasteiger partial charge >= 0.3 is 6.09 Å². The van der Waals surface area contributed by atoms with E-state index in [9.17, 15) is 9.59 Å². The molecule has 0 unspecified atom stereocenters. The third-order valence-corrected chi connectivity index (χ3v) is 7.01. The van der Waals surface area contributed by atoms with Gasteiger partial charge in [-0.15, -0.1) is 0 Å². The molecule has 2 aliphatic heterocycles. The summed E-state index contributed by atoms with van der Waals surface area (Å²) in [4.78, 5) is 32.3. The van der Waals surface area contributed by atoms with Crippen LogP contribution in [-0.4, -0.2) is 44.7 Å². The molecule has 2 amide bonds. The molecular formula is C26H21BrN4O3S. The van der Waals surface area contributed by atoms with Crippen molar-refractivity contribution < 1.29 is 14.3 Å². The molecule has 3 aromatic rings. The summed E-state index contributed by atoms with van der Waals surface area (Å²) in [6.45, 7) is 0.203. The first-order valence-corrected chi connectivity index (χ1v) is 12.2. The summed E-state index contributed by atoms with van der Waals surface area (Å²) in [5.41, 5.74) is 5.59. The molecule has 0 radical (unpaired) electrons. The Morgan fingerprint density at radius 3 is 2.60 bits per heavy atom. The van der Waals surface area contributed by atoms with E-state index in [-0.39, 0.29) is 18.6 Å². The number of hydrazine groups is 1. The van der Waals surface area contributed by atoms with Crippen LogP contribution in [0.2, 0.25) is 0 Å². The van der Waals surface area contributed by atoms with Crippen LogP contribution in [0, 0.1) is 5.92 Å². The standard InChI is InChI=1S/C26H21BrN4O3S/c27-21-11-5-4-10-19(21)23(35)29-31-24(20(25(31)32)13-12-17-7-6-14-28-15-17)30-22(16-34-26(30)33)18-8-2-1-3-9-18/h1-15,20,22,24H,16H2,(H,29,35)/t20-,22-,24-/m1/s1. The average Bonchev–Trinajstić information content (AvgIpc) is 3.26. The molecule has 0 aliphatic carbocycles. The normalized spacial score (nSPS) is 21.7. The summed E-state index contributed by atoms with van der Waals surface area (Å²) in [5.74, 6) is -0.780. The summed E-state index contributed by atoms with van der Waals surface area (Å²) in [6, 6.07) is 20.5. The van der Waals surface area contributed by atoms with Gasteiger partial charge in [0, 0.05) is 22.4 Å². The lowest BCUT2D eigenvalue weighted by Gasteiger charge is -2.50. The van der Waals surface area contributed by atoms with Gasteiger partial charge in [-0.3, -0.25) is 20.1 Å². The van der Waals surface area contributed by atoms with Gasteiger partial charge in [-0.05, 0) is 23.3 Å². The number of pyridine rings is 1. The van der Waals surface area contributed by atoms with E-state index in [1.165, 1.54) is 5.01 Å². The number of benzene rings is 2. The maximum atomic E-state index is 13.3. The van der Waals surface area contributed by atoms with Gasteiger partial charge in [-0.2, -0.15) is 0 Å². The summed E-state index contributed by atoms with van der Waals surface area (Å²) in [7, 11) is 0. The van der Waals surface area contributed by atoms with E-state index in [0.717, 1.165) is 21.2 Å². The van der Waals surface area contributed by atoms with Crippen molar-refractivity contribution in [3.63, 3.8) is 0 Å². The number of nitrogens with one attached hydrogen (secondary N) is 1. The lowest BCUT2D eigenvalue weighted by Crippen LogP contribution is -2.72. The van der Waals surface area contributed by atoms with Gasteiger partial charge in [-0.1, -0.05) is 94.9 Å². The highest BCUT2D eigenvalue weighted by Crippen LogP contribution is 2.39. The summed E-state index contributed by atoms with van der Waals surface area (Å²) >= 11 is 9.10. The van der Waals surface area contributed by atoms with Crippen LogP contribution in [0.15, 0.2) is 89.7 Å². The van der Waals surface area contributed by atoms with Crippen LogP contribution in [0.1, 0.15) is 22.7 Å². The molecule has 35 heavy (non-hydrogen) atoms. The highest BCUT2D eigenvalue weighted by molar-refractivity contribution is 9.10. The number of amides is 2. The fourth-order valence-electron chi connectivity index (χ4n) is 4.26. The van der Waals surface area contributed by atoms with E-state index < -0.39 is 18.2 Å². The zero-order valence-corrected chi connectivity index (χ0v) is 20.9. The van der Waals surface area contributed by atoms with Gasteiger partial charge in [0.25, 0.3) is 5.91 Å². The second-order valence-electron chi connectivity index (χ2n) is 8.12. The summed E-state index contributed by atoms with van der Waals surface area (Å²) < 4.78 is 6.24. The predicted octanol–water partition coefficient (Wildman–Crippen LogP) is 4.72. The molecule has 176 valence electrons. The van der Waals surface area contributed by atoms with Gasteiger partial charge in [0.15, 0.2) is 0 Å². The van der Waals surface area contributed by atoms with Crippen molar-refractivity contribution in [3.8, 4) is 0 Å². The number of carbonyl (C=O) groups excluding carboxylic acids is 2. The van der Waals surface area contributed by atoms with Crippen molar-refractivity contribution >= 4 is 51.2 Å². The fourth-order valence-corrected chi connectivity index (χ4v) is 5.15. The number of nitrogens with zero attached hydrogens (tertiary/aromatic N) is 3. The van der Waals surface area contributed by atoms with Crippen molar-refractivity contribution in [2.75, 3.05) is 6.61 Å². The Morgan fingerprint density at radius 1 is 1.09 bits per heavy atom. The van der Waals surface area contributed by atoms with Gasteiger partial charge in [0.1, 0.15) is 17.8 Å². The lowest BCUT2D eigenvalue weighted by atomic mass is 9.91. The van der Waals surface area contributed by atoms with Crippen molar-refractivity contribution in [1.82, 2.24) is 20.3 Å². The molecule has 2 aromatic carbocycles. The first-order valence-electron chi connectivity index (χ1n) is 11.0. The number of aromatic nitrogens is 1. The molecule has 0 saturated carbocycles. The number of carbonyl (C=O) groups is 2. The van der Waals surface area contributed by atoms with Gasteiger partial charge < -0.3 is 4.74 Å². The Labute approximate surface area is 216 Å². The zero-order chi connectivity index (χ0) is 24.4. The number of thiocarbonyl (C=S) groups is 1. The lowest BCUT2D eigenvalue weighted by molar-refractivity contribution is -0.167. The molecule has 0 bridgehead atoms. The molecule has 1 aromatic heterocycles. The second kappa shape index (κ2) is 9.97. The molecule has 0 spiro atoms. The minimum absolute atomic E-state index is 0.198. The molecule has 7 nitrogen and oxygen atoms in total. The Morgan fingerprint density at radius 2 is 1.86 bits per heavy atom. The molecule has 9 heteroatoms. The van der Waals surface area contributed by atoms with Crippen molar-refractivity contribution in [1.29, 1.82) is 0 Å². The Kier molecular flexibility index (Phi) is 6.61. The highest BCUT2D eigenvalue weighted by Gasteiger charge is 2.55. The third kappa shape index (κ3) is 4.56. The predicted molar refractivity (Wildman–Crippen MR) is 139 cm³/mol. The molecule has 5 rings (SSSR count). The minimum atomic E-state index is -0.629. The Hall–Kier alpha value is -3.56. The monoisotopic (exact) mass is 548 g/mol. The second-order valence-corrected chi connectivity index (χ2v) is 9.39. The van der Waals surface area contributed by atoms with Gasteiger partial charge in [-0.25, -0.2) is 9.80 Å². The van der Waals surface area contributed by atoms with E-state index in [1.807, 2.05) is 72.8 Å². The van der Waals surface area contributed by atoms with E-state index in [1.54, 1.807) is 23.4 Å². The van der Waals surface area contributed by atoms with Crippen LogP contribution in [0.5, 0.6) is 0 Å². The topological polar surface area (TPSA) is 74.8 Å². The van der Waals surface area contributed by atoms with Crippen LogP contribution in [0.25, 0.3) is 6.08 Å². The SMILES string of the molecule is O=C1[C@H](C=Cc2cccnc2)[C@H](N2C(=O)OC[C@@H]2c2ccccc2)N1NC(=S)c1ccccc1Br. The maximum Gasteiger partial charge on any atom is 0.412 e. The van der Waals surface area contributed by atoms with Crippen molar-refractivity contribution in [2.24, 2.45) is 5.92 Å². The molecule has 2 aliphatic rings. The molecule has 2 saturated heterocycles. The van der Waals surface area contributed by atoms with Gasteiger partial charge in [0.2, 0.25) is 0 Å². The summed E-state index contributed by atoms with van der Waals surface area (Å²) in [5, 5.41) is 1.42. The zero-order valence-electron chi connectivity index (χ0n) is 18.5. The number of ether oxygens (including phenoxy) is 1. The van der Waals surface area contributed by atoms with Crippen molar-refractivity contribution in [3.05, 3.63) is 106 Å². The molecular weight excluding hydrogens is 528 g/mol. The van der Waals surface area contributed by atoms with Crippen LogP contribution >= 0.6 is 28.1 Å². The number of halogens is 1. The maximum absolute atomic E-state index is 13.3. The fraction of sp³-hybridized carbons (Fsp3) is 0.154. The Balaban J connectivity index is 1.47. The van der Waals surface area contributed by atoms with E-state index in [4.69, 9.17) is 17.0 Å². The van der Waals surface area contributed by atoms with Crippen LogP contribution in [-0.2, 0) is 9.53 Å². The van der Waals surface area contributed by atoms with E-state index >= 15 is 0 Å². The third-order valence-electron chi connectivity index (χ3n) is 6.01. The molecule has 3 heterocycles. The summed E-state index contributed by atoms with van der Waals surface area (Å²) in [6.07, 6.45) is 5.94. The van der Waals surface area contributed by atoms with E-state index in [0.29, 0.717) is 4.99 Å². The van der Waals surface area contributed by atoms with Crippen LogP contribution < -0.4 is 5.43 Å². The van der Waals surface area contributed by atoms with Crippen LogP contribution in [0.4, 0.5) is 4.79 Å². The smallest absolute Gasteiger partial charge is 0.412 e. The number of hydrogen-bond acceptors (Lipinski definition) is 5. The molecule has 1 N–H and O–H groups in total. The van der Waals surface area contributed by atoms with Gasteiger partial charge in [0.05, 0.1) is 12.0 Å². The highest BCUT2D eigenvalue weighted by atomic mass is 79.9. The number of cyclic esters (lactones) is 1. The molecule has 2 fully saturated rings. The van der Waals surface area contributed by atoms with Crippen molar-refractivity contribution in [2.45, 2.75) is 12.2 Å². The minimum Gasteiger partial charge on any atom is -0.447 e. The number of β-lactam (4-membered cyclic amide) rings is 1. The first kappa shape index (κ1) is 23.2. The number of rotatable bonds is 6. The average molecular weight is 549 g/mol. The molecule has 3 atom stereocenters. The quantitative estimate of drug-likeness (QED) is 0.355.